The molecule has 32 heteroatoms. The van der Waals surface area contributed by atoms with Crippen LogP contribution in [0.3, 0.4) is 0 Å². The number of hydrogen-bond acceptors (Lipinski definition) is 19. The molecule has 3 saturated heterocycles. The number of carbonyl (C=O) groups excluding carboxylic acids is 12. The third kappa shape index (κ3) is 14.7. The molecule has 1 unspecified atom stereocenters. The molecular formula is C58H69F4N9O18S. The van der Waals surface area contributed by atoms with E-state index in [9.17, 15) is 74.6 Å². The molecule has 3 aromatic carbocycles. The largest absolute Gasteiger partial charge is 0.459 e. The second-order valence-electron chi connectivity index (χ2n) is 23.6. The van der Waals surface area contributed by atoms with Gasteiger partial charge in [-0.05, 0) is 116 Å². The van der Waals surface area contributed by atoms with Crippen molar-refractivity contribution >= 4 is 101 Å². The zero-order valence-electron chi connectivity index (χ0n) is 51.4. The predicted octanol–water partition coefficient (Wildman–Crippen LogP) is 7.35. The Kier molecular flexibility index (Phi) is 20.8. The van der Waals surface area contributed by atoms with E-state index in [1.54, 1.807) is 62.3 Å². The molecule has 12 amide bonds. The summed E-state index contributed by atoms with van der Waals surface area (Å²) >= 11 is 0.250. The smallest absolute Gasteiger partial charge is 0.418 e. The zero-order chi connectivity index (χ0) is 67.4. The standard InChI is InChI=1S/3C19H22FN3O6.CH3FS/c3*1-18(2,3)28-13(24)9-23-15(25)19(29-17(23)27)8-7-10-11(19)5-6-12(14(10)20)22-16(26)21-4;1-3-2/h3*5-6H,7-9H2,1-4H3,(H2,21,22,26);1H3/t2*19-;;/m10../s1. The lowest BCUT2D eigenvalue weighted by Gasteiger charge is -2.22. The third-order valence-corrected chi connectivity index (χ3v) is 14.0. The van der Waals surface area contributed by atoms with E-state index in [2.05, 4.69) is 31.9 Å². The Labute approximate surface area is 517 Å². The van der Waals surface area contributed by atoms with Gasteiger partial charge in [-0.3, -0.25) is 28.8 Å². The van der Waals surface area contributed by atoms with Gasteiger partial charge in [0.2, 0.25) is 16.8 Å². The number of fused-ring (bicyclic) bond motifs is 6. The fourth-order valence-corrected chi connectivity index (χ4v) is 10.4. The highest BCUT2D eigenvalue weighted by atomic mass is 32.2. The molecule has 9 rings (SSSR count). The molecule has 90 heavy (non-hydrogen) atoms. The number of nitrogens with one attached hydrogen (secondary N) is 6. The molecule has 0 bridgehead atoms. The lowest BCUT2D eigenvalue weighted by molar-refractivity contribution is -0.158. The molecule has 6 aliphatic rings. The average molecular weight is 1290 g/mol. The first-order valence-electron chi connectivity index (χ1n) is 27.7. The Morgan fingerprint density at radius 3 is 0.889 bits per heavy atom. The summed E-state index contributed by atoms with van der Waals surface area (Å²) in [4.78, 5) is 148. The van der Waals surface area contributed by atoms with Gasteiger partial charge >= 0.3 is 54.3 Å². The second-order valence-corrected chi connectivity index (χ2v) is 24.0. The summed E-state index contributed by atoms with van der Waals surface area (Å²) in [5.74, 6) is -6.57. The van der Waals surface area contributed by atoms with Crippen LogP contribution in [0.2, 0.25) is 0 Å². The van der Waals surface area contributed by atoms with Gasteiger partial charge in [0, 0.05) is 75.5 Å². The van der Waals surface area contributed by atoms with Crippen LogP contribution in [0.15, 0.2) is 36.4 Å². The van der Waals surface area contributed by atoms with Crippen molar-refractivity contribution in [2.45, 2.75) is 134 Å². The first-order chi connectivity index (χ1) is 41.9. The molecule has 0 radical (unpaired) electrons. The highest BCUT2D eigenvalue weighted by molar-refractivity contribution is 7.93. The first-order valence-corrected chi connectivity index (χ1v) is 28.9. The van der Waals surface area contributed by atoms with Crippen molar-refractivity contribution < 1.29 is 103 Å². The van der Waals surface area contributed by atoms with Crippen molar-refractivity contribution in [2.24, 2.45) is 0 Å². The number of esters is 3. The minimum absolute atomic E-state index is 0.0398. The van der Waals surface area contributed by atoms with Gasteiger partial charge in [0.05, 0.1) is 17.1 Å². The van der Waals surface area contributed by atoms with Crippen molar-refractivity contribution in [3.05, 3.63) is 87.2 Å². The Hall–Kier alpha value is -9.23. The number of rotatable bonds is 9. The first kappa shape index (κ1) is 69.9. The van der Waals surface area contributed by atoms with E-state index in [4.69, 9.17) is 28.4 Å². The van der Waals surface area contributed by atoms with Crippen LogP contribution in [-0.2, 0) is 93.3 Å². The van der Waals surface area contributed by atoms with Crippen LogP contribution in [0.4, 0.5) is 62.9 Å². The number of anilines is 3. The lowest BCUT2D eigenvalue weighted by Crippen LogP contribution is -2.41. The minimum Gasteiger partial charge on any atom is -0.459 e. The minimum atomic E-state index is -1.68. The van der Waals surface area contributed by atoms with Crippen molar-refractivity contribution in [3.8, 4) is 0 Å². The van der Waals surface area contributed by atoms with Gasteiger partial charge in [-0.2, -0.15) is 3.89 Å². The van der Waals surface area contributed by atoms with Crippen LogP contribution >= 0.6 is 12.1 Å². The van der Waals surface area contributed by atoms with E-state index in [0.717, 1.165) is 0 Å². The molecule has 3 fully saturated rings. The number of amides is 12. The van der Waals surface area contributed by atoms with Crippen molar-refractivity contribution in [2.75, 3.05) is 63.0 Å². The van der Waals surface area contributed by atoms with Gasteiger partial charge in [0.25, 0.3) is 17.7 Å². The Bertz CT molecular complexity index is 3110. The van der Waals surface area contributed by atoms with Crippen molar-refractivity contribution in [1.82, 2.24) is 30.7 Å². The summed E-state index contributed by atoms with van der Waals surface area (Å²) in [6.45, 7) is 13.2. The van der Waals surface area contributed by atoms with Crippen LogP contribution in [0.5, 0.6) is 0 Å². The summed E-state index contributed by atoms with van der Waals surface area (Å²) in [6, 6.07) is 6.45. The molecule has 0 aromatic heterocycles. The molecule has 27 nitrogen and oxygen atoms in total. The van der Waals surface area contributed by atoms with E-state index in [1.165, 1.54) is 63.8 Å². The predicted molar refractivity (Wildman–Crippen MR) is 310 cm³/mol. The molecule has 3 aliphatic heterocycles. The van der Waals surface area contributed by atoms with E-state index >= 15 is 0 Å². The molecule has 0 saturated carbocycles. The molecule has 3 atom stereocenters. The van der Waals surface area contributed by atoms with Crippen LogP contribution in [0, 0.1) is 17.5 Å². The molecule has 3 aliphatic carbocycles. The maximum absolute atomic E-state index is 14.8. The molecule has 6 N–H and O–H groups in total. The maximum atomic E-state index is 14.8. The number of halogens is 4. The van der Waals surface area contributed by atoms with Gasteiger partial charge in [0.1, 0.15) is 53.9 Å². The molecular weight excluding hydrogens is 1220 g/mol. The fourth-order valence-electron chi connectivity index (χ4n) is 10.4. The molecule has 3 heterocycles. The van der Waals surface area contributed by atoms with E-state index in [1.807, 2.05) is 0 Å². The highest BCUT2D eigenvalue weighted by Crippen LogP contribution is 2.50. The Morgan fingerprint density at radius 2 is 0.689 bits per heavy atom. The quantitative estimate of drug-likeness (QED) is 0.0692. The van der Waals surface area contributed by atoms with Gasteiger partial charge in [-0.15, -0.1) is 0 Å². The van der Waals surface area contributed by atoms with Crippen LogP contribution in [0.1, 0.15) is 115 Å². The number of benzene rings is 3. The number of hydrogen-bond donors (Lipinski definition) is 6. The maximum Gasteiger partial charge on any atom is 0.418 e. The lowest BCUT2D eigenvalue weighted by atomic mass is 9.94. The van der Waals surface area contributed by atoms with E-state index < -0.39 is 143 Å². The van der Waals surface area contributed by atoms with Gasteiger partial charge in [-0.1, -0.05) is 18.2 Å². The van der Waals surface area contributed by atoms with Gasteiger partial charge < -0.3 is 60.3 Å². The SMILES string of the molecule is CNC(=O)Nc1ccc2c(c1F)CCC21OC(=O)N(CC(=O)OC(C)(C)C)C1=O.CNC(=O)Nc1ccc2c(c1F)CC[C@@]21OC(=O)N(CC(=O)OC(C)(C)C)C1=O.CNC(=O)Nc1ccc2c(c1F)CC[C@]21OC(=O)N(CC(=O)OC(C)(C)C)C1=O.CSF. The summed E-state index contributed by atoms with van der Waals surface area (Å²) < 4.78 is 86.3. The number of nitrogens with zero attached hydrogens (tertiary/aromatic N) is 3. The summed E-state index contributed by atoms with van der Waals surface area (Å²) in [5, 5.41) is 14.0. The molecule has 3 aromatic rings. The second kappa shape index (κ2) is 26.9. The Balaban J connectivity index is 0.000000210. The molecule has 3 spiro atoms. The number of ether oxygens (including phenoxy) is 6. The summed E-state index contributed by atoms with van der Waals surface area (Å²) in [7, 11) is 4.18. The number of urea groups is 3. The normalized spacial score (nSPS) is 20.0. The van der Waals surface area contributed by atoms with E-state index in [0.29, 0.717) is 14.7 Å². The van der Waals surface area contributed by atoms with Crippen molar-refractivity contribution in [1.29, 1.82) is 0 Å². The van der Waals surface area contributed by atoms with Crippen LogP contribution in [0.25, 0.3) is 0 Å². The highest BCUT2D eigenvalue weighted by Gasteiger charge is 2.62. The monoisotopic (exact) mass is 1290 g/mol. The average Bonchev–Trinajstić information content (AvgIpc) is 1.59. The fraction of sp³-hybridized carbons (Fsp3) is 0.483. The topological polar surface area (TPSA) is 342 Å². The third-order valence-electron chi connectivity index (χ3n) is 14.0. The summed E-state index contributed by atoms with van der Waals surface area (Å²) in [6.07, 6.45) is -1.07. The molecule has 488 valence electrons. The van der Waals surface area contributed by atoms with Gasteiger partial charge in [0.15, 0.2) is 0 Å². The van der Waals surface area contributed by atoms with Crippen molar-refractivity contribution in [3.63, 3.8) is 0 Å². The Morgan fingerprint density at radius 1 is 0.467 bits per heavy atom. The number of imide groups is 3. The van der Waals surface area contributed by atoms with Gasteiger partial charge in [-0.25, -0.2) is 56.6 Å². The van der Waals surface area contributed by atoms with E-state index in [-0.39, 0.29) is 101 Å². The van der Waals surface area contributed by atoms with Crippen LogP contribution < -0.4 is 31.9 Å². The summed E-state index contributed by atoms with van der Waals surface area (Å²) in [5.41, 5.74) is -6.36. The van der Waals surface area contributed by atoms with Crippen LogP contribution in [-0.4, -0.2) is 151 Å². The zero-order valence-corrected chi connectivity index (χ0v) is 52.3. The number of carbonyl (C=O) groups is 12.